The summed E-state index contributed by atoms with van der Waals surface area (Å²) in [5, 5.41) is 19.0. The van der Waals surface area contributed by atoms with Crippen LogP contribution in [-0.4, -0.2) is 22.3 Å². The fourth-order valence-electron chi connectivity index (χ4n) is 2.62. The quantitative estimate of drug-likeness (QED) is 0.626. The van der Waals surface area contributed by atoms with Gasteiger partial charge in [0.15, 0.2) is 0 Å². The average molecular weight is 356 g/mol. The molecule has 0 atom stereocenters. The Labute approximate surface area is 153 Å². The minimum Gasteiger partial charge on any atom is -0.512 e. The zero-order chi connectivity index (χ0) is 19.3. The summed E-state index contributed by atoms with van der Waals surface area (Å²) in [5.41, 5.74) is 1.89. The Kier molecular flexibility index (Phi) is 6.28. The number of ether oxygens (including phenoxy) is 2. The number of rotatable bonds is 7. The lowest BCUT2D eigenvalue weighted by atomic mass is 10.0. The van der Waals surface area contributed by atoms with Gasteiger partial charge in [-0.3, -0.25) is 0 Å². The van der Waals surface area contributed by atoms with Crippen LogP contribution < -0.4 is 9.47 Å². The molecule has 0 saturated carbocycles. The van der Waals surface area contributed by atoms with Gasteiger partial charge < -0.3 is 19.7 Å². The summed E-state index contributed by atoms with van der Waals surface area (Å²) in [5.74, 6) is 0.649. The molecule has 0 radical (unpaired) electrons. The monoisotopic (exact) mass is 356 g/mol. The molecule has 138 valence electrons. The molecule has 0 aromatic heterocycles. The molecule has 0 aliphatic carbocycles. The second kappa shape index (κ2) is 8.43. The van der Waals surface area contributed by atoms with Gasteiger partial charge in [0.1, 0.15) is 17.2 Å². The third-order valence-corrected chi connectivity index (χ3v) is 3.73. The normalized spacial score (nSPS) is 11.9. The van der Waals surface area contributed by atoms with Crippen molar-refractivity contribution >= 4 is 11.5 Å². The molecule has 0 fully saturated rings. The van der Waals surface area contributed by atoms with Gasteiger partial charge in [-0.2, -0.15) is 0 Å². The molecule has 2 aromatic carbocycles. The van der Waals surface area contributed by atoms with Crippen LogP contribution in [0.25, 0.3) is 5.57 Å². The molecule has 0 unspecified atom stereocenters. The lowest BCUT2D eigenvalue weighted by Crippen LogP contribution is -2.07. The van der Waals surface area contributed by atoms with E-state index < -0.39 is 5.97 Å². The van der Waals surface area contributed by atoms with E-state index in [-0.39, 0.29) is 11.7 Å². The first-order chi connectivity index (χ1) is 12.3. The Morgan fingerprint density at radius 3 is 2.08 bits per heavy atom. The number of carbonyl (C=O) groups is 1. The second-order valence-electron chi connectivity index (χ2n) is 6.21. The van der Waals surface area contributed by atoms with Crippen molar-refractivity contribution in [2.75, 3.05) is 0 Å². The first-order valence-corrected chi connectivity index (χ1v) is 8.52. The van der Waals surface area contributed by atoms with Gasteiger partial charge >= 0.3 is 5.97 Å². The standard InChI is InChI=1S/C21H24O5/c1-5-20(14(4)22)15-6-8-17(9-7-15)26-19-11-16(21(23)24)10-18(12-19)25-13(2)3/h6-13,22H,5H2,1-4H3,(H,23,24)/b20-14+. The number of carboxylic acids is 1. The second-order valence-corrected chi connectivity index (χ2v) is 6.21. The number of hydrogen-bond donors (Lipinski definition) is 2. The molecule has 26 heavy (non-hydrogen) atoms. The van der Waals surface area contributed by atoms with Crippen LogP contribution >= 0.6 is 0 Å². The van der Waals surface area contributed by atoms with Crippen LogP contribution in [0.2, 0.25) is 0 Å². The minimum atomic E-state index is -1.05. The van der Waals surface area contributed by atoms with Gasteiger partial charge in [-0.05, 0) is 62.6 Å². The highest BCUT2D eigenvalue weighted by Crippen LogP contribution is 2.30. The van der Waals surface area contributed by atoms with E-state index in [0.717, 1.165) is 17.6 Å². The third-order valence-electron chi connectivity index (χ3n) is 3.73. The third kappa shape index (κ3) is 5.02. The van der Waals surface area contributed by atoms with E-state index in [1.165, 1.54) is 12.1 Å². The summed E-state index contributed by atoms with van der Waals surface area (Å²) in [6.07, 6.45) is 0.645. The van der Waals surface area contributed by atoms with E-state index in [1.54, 1.807) is 25.1 Å². The maximum absolute atomic E-state index is 11.3. The van der Waals surface area contributed by atoms with Crippen molar-refractivity contribution in [3.05, 3.63) is 59.4 Å². The van der Waals surface area contributed by atoms with Crippen LogP contribution in [0.5, 0.6) is 17.2 Å². The zero-order valence-corrected chi connectivity index (χ0v) is 15.4. The maximum Gasteiger partial charge on any atom is 0.335 e. The van der Waals surface area contributed by atoms with Crippen LogP contribution in [0.3, 0.4) is 0 Å². The Morgan fingerprint density at radius 1 is 0.962 bits per heavy atom. The lowest BCUT2D eigenvalue weighted by Gasteiger charge is -2.13. The first-order valence-electron chi connectivity index (χ1n) is 8.52. The molecule has 0 heterocycles. The van der Waals surface area contributed by atoms with Gasteiger partial charge in [-0.1, -0.05) is 19.1 Å². The van der Waals surface area contributed by atoms with E-state index in [9.17, 15) is 15.0 Å². The molecular weight excluding hydrogens is 332 g/mol. The van der Waals surface area contributed by atoms with E-state index in [4.69, 9.17) is 9.47 Å². The molecule has 2 rings (SSSR count). The highest BCUT2D eigenvalue weighted by atomic mass is 16.5. The van der Waals surface area contributed by atoms with Crippen molar-refractivity contribution in [2.24, 2.45) is 0 Å². The number of allylic oxidation sites excluding steroid dienone is 2. The Balaban J connectivity index is 2.28. The van der Waals surface area contributed by atoms with Crippen molar-refractivity contribution in [3.63, 3.8) is 0 Å². The Bertz CT molecular complexity index is 800. The summed E-state index contributed by atoms with van der Waals surface area (Å²) in [4.78, 5) is 11.3. The number of benzene rings is 2. The molecule has 0 saturated heterocycles. The summed E-state index contributed by atoms with van der Waals surface area (Å²) in [7, 11) is 0. The largest absolute Gasteiger partial charge is 0.512 e. The zero-order valence-electron chi connectivity index (χ0n) is 15.4. The average Bonchev–Trinajstić information content (AvgIpc) is 2.56. The van der Waals surface area contributed by atoms with E-state index in [1.807, 2.05) is 32.9 Å². The topological polar surface area (TPSA) is 76.0 Å². The minimum absolute atomic E-state index is 0.0767. The van der Waals surface area contributed by atoms with E-state index >= 15 is 0 Å². The van der Waals surface area contributed by atoms with Gasteiger partial charge in [0.25, 0.3) is 0 Å². The van der Waals surface area contributed by atoms with Gasteiger partial charge in [0.2, 0.25) is 0 Å². The number of aliphatic hydroxyl groups excluding tert-OH is 1. The number of aliphatic hydroxyl groups is 1. The molecule has 0 aliphatic heterocycles. The number of hydrogen-bond acceptors (Lipinski definition) is 4. The number of aromatic carboxylic acids is 1. The highest BCUT2D eigenvalue weighted by molar-refractivity contribution is 5.88. The molecule has 2 aromatic rings. The van der Waals surface area contributed by atoms with E-state index in [2.05, 4.69) is 0 Å². The van der Waals surface area contributed by atoms with Crippen LogP contribution in [0.4, 0.5) is 0 Å². The molecule has 0 aliphatic rings. The van der Waals surface area contributed by atoms with Gasteiger partial charge in [-0.25, -0.2) is 4.79 Å². The Hall–Kier alpha value is -2.95. The molecule has 2 N–H and O–H groups in total. The molecule has 0 spiro atoms. The van der Waals surface area contributed by atoms with Crippen molar-refractivity contribution in [1.29, 1.82) is 0 Å². The van der Waals surface area contributed by atoms with Crippen LogP contribution in [0.1, 0.15) is 50.0 Å². The maximum atomic E-state index is 11.3. The molecular formula is C21H24O5. The van der Waals surface area contributed by atoms with Crippen molar-refractivity contribution in [3.8, 4) is 17.2 Å². The van der Waals surface area contributed by atoms with Gasteiger partial charge in [-0.15, -0.1) is 0 Å². The van der Waals surface area contributed by atoms with Crippen LogP contribution in [0.15, 0.2) is 48.2 Å². The predicted molar refractivity (Wildman–Crippen MR) is 101 cm³/mol. The summed E-state index contributed by atoms with van der Waals surface area (Å²) in [6, 6.07) is 11.9. The van der Waals surface area contributed by atoms with Gasteiger partial charge in [0, 0.05) is 6.07 Å². The smallest absolute Gasteiger partial charge is 0.335 e. The van der Waals surface area contributed by atoms with Crippen molar-refractivity contribution in [1.82, 2.24) is 0 Å². The van der Waals surface area contributed by atoms with E-state index in [0.29, 0.717) is 23.0 Å². The molecule has 5 heteroatoms. The lowest BCUT2D eigenvalue weighted by molar-refractivity contribution is 0.0695. The highest BCUT2D eigenvalue weighted by Gasteiger charge is 2.11. The van der Waals surface area contributed by atoms with Crippen molar-refractivity contribution in [2.45, 2.75) is 40.2 Å². The summed E-state index contributed by atoms with van der Waals surface area (Å²) < 4.78 is 11.4. The Morgan fingerprint density at radius 2 is 1.58 bits per heavy atom. The summed E-state index contributed by atoms with van der Waals surface area (Å²) in [6.45, 7) is 7.38. The van der Waals surface area contributed by atoms with Crippen LogP contribution in [0, 0.1) is 0 Å². The van der Waals surface area contributed by atoms with Gasteiger partial charge in [0.05, 0.1) is 17.4 Å². The van der Waals surface area contributed by atoms with Crippen molar-refractivity contribution < 1.29 is 24.5 Å². The molecule has 5 nitrogen and oxygen atoms in total. The molecule has 0 bridgehead atoms. The van der Waals surface area contributed by atoms with Crippen LogP contribution in [-0.2, 0) is 0 Å². The SMILES string of the molecule is CC/C(=C(/C)O)c1ccc(Oc2cc(OC(C)C)cc(C(=O)O)c2)cc1. The fourth-order valence-corrected chi connectivity index (χ4v) is 2.62. The fraction of sp³-hybridized carbons (Fsp3) is 0.286. The first kappa shape index (κ1) is 19.4. The summed E-state index contributed by atoms with van der Waals surface area (Å²) >= 11 is 0. The molecule has 0 amide bonds. The number of carboxylic acid groups (broad SMARTS) is 1. The predicted octanol–water partition coefficient (Wildman–Crippen LogP) is 5.66.